The summed E-state index contributed by atoms with van der Waals surface area (Å²) in [6.45, 7) is 2.85. The van der Waals surface area contributed by atoms with E-state index in [0.717, 1.165) is 37.2 Å². The Morgan fingerprint density at radius 1 is 1.00 bits per heavy atom. The molecule has 4 heteroatoms. The number of hydrogen-bond donors (Lipinski definition) is 1. The Labute approximate surface area is 154 Å². The van der Waals surface area contributed by atoms with E-state index >= 15 is 0 Å². The summed E-state index contributed by atoms with van der Waals surface area (Å²) in [6, 6.07) is 14.9. The maximum absolute atomic E-state index is 12.2. The van der Waals surface area contributed by atoms with Crippen molar-refractivity contribution in [3.8, 4) is 5.75 Å². The Balaban J connectivity index is 1.58. The highest BCUT2D eigenvalue weighted by Gasteiger charge is 2.22. The van der Waals surface area contributed by atoms with E-state index in [1.165, 1.54) is 5.56 Å². The zero-order valence-electron chi connectivity index (χ0n) is 14.5. The van der Waals surface area contributed by atoms with Gasteiger partial charge in [-0.05, 0) is 80.5 Å². The second kappa shape index (κ2) is 8.54. The molecule has 0 saturated heterocycles. The lowest BCUT2D eigenvalue weighted by atomic mass is 9.82. The van der Waals surface area contributed by atoms with Crippen LogP contribution >= 0.6 is 12.6 Å². The van der Waals surface area contributed by atoms with Crippen molar-refractivity contribution in [2.45, 2.75) is 49.5 Å². The monoisotopic (exact) mass is 356 g/mol. The summed E-state index contributed by atoms with van der Waals surface area (Å²) in [5.41, 5.74) is 1.87. The highest BCUT2D eigenvalue weighted by Crippen LogP contribution is 2.34. The number of carbonyl (C=O) groups excluding carboxylic acids is 1. The minimum Gasteiger partial charge on any atom is -0.423 e. The maximum Gasteiger partial charge on any atom is 0.343 e. The molecular formula is C21H24O3S. The predicted octanol–water partition coefficient (Wildman–Crippen LogP) is 5.26. The topological polar surface area (TPSA) is 35.5 Å². The van der Waals surface area contributed by atoms with E-state index in [1.54, 1.807) is 24.3 Å². The van der Waals surface area contributed by atoms with E-state index < -0.39 is 0 Å². The third-order valence-electron chi connectivity index (χ3n) is 4.74. The molecule has 132 valence electrons. The first-order chi connectivity index (χ1) is 12.2. The van der Waals surface area contributed by atoms with Gasteiger partial charge in [-0.25, -0.2) is 4.79 Å². The van der Waals surface area contributed by atoms with Crippen LogP contribution in [-0.2, 0) is 4.74 Å². The molecule has 3 rings (SSSR count). The van der Waals surface area contributed by atoms with Gasteiger partial charge in [0.1, 0.15) is 5.75 Å². The number of ether oxygens (including phenoxy) is 2. The van der Waals surface area contributed by atoms with E-state index in [-0.39, 0.29) is 5.97 Å². The summed E-state index contributed by atoms with van der Waals surface area (Å²) >= 11 is 4.22. The van der Waals surface area contributed by atoms with Crippen LogP contribution in [0.15, 0.2) is 53.4 Å². The van der Waals surface area contributed by atoms with Gasteiger partial charge in [-0.15, -0.1) is 12.6 Å². The Morgan fingerprint density at radius 3 is 2.24 bits per heavy atom. The van der Waals surface area contributed by atoms with Crippen LogP contribution in [0.2, 0.25) is 0 Å². The molecule has 0 heterocycles. The predicted molar refractivity (Wildman–Crippen MR) is 102 cm³/mol. The molecule has 2 aromatic carbocycles. The van der Waals surface area contributed by atoms with Gasteiger partial charge < -0.3 is 9.47 Å². The van der Waals surface area contributed by atoms with Crippen LogP contribution in [-0.4, -0.2) is 18.7 Å². The summed E-state index contributed by atoms with van der Waals surface area (Å²) < 4.78 is 11.1. The van der Waals surface area contributed by atoms with E-state index in [2.05, 4.69) is 31.7 Å². The van der Waals surface area contributed by atoms with Crippen molar-refractivity contribution in [1.82, 2.24) is 0 Å². The summed E-state index contributed by atoms with van der Waals surface area (Å²) in [5.74, 6) is 0.754. The summed E-state index contributed by atoms with van der Waals surface area (Å²) in [6.07, 6.45) is 4.93. The summed E-state index contributed by atoms with van der Waals surface area (Å²) in [7, 11) is 0. The van der Waals surface area contributed by atoms with Gasteiger partial charge in [-0.2, -0.15) is 0 Å². The van der Waals surface area contributed by atoms with Crippen LogP contribution in [0.4, 0.5) is 0 Å². The lowest BCUT2D eigenvalue weighted by Gasteiger charge is -2.28. The van der Waals surface area contributed by atoms with E-state index in [9.17, 15) is 4.79 Å². The second-order valence-corrected chi connectivity index (χ2v) is 6.95. The van der Waals surface area contributed by atoms with Crippen LogP contribution < -0.4 is 4.74 Å². The van der Waals surface area contributed by atoms with Crippen molar-refractivity contribution in [3.63, 3.8) is 0 Å². The molecule has 0 radical (unpaired) electrons. The largest absolute Gasteiger partial charge is 0.423 e. The Morgan fingerprint density at radius 2 is 1.64 bits per heavy atom. The molecule has 0 aliphatic heterocycles. The molecule has 1 aliphatic rings. The molecule has 2 aromatic rings. The number of hydrogen-bond acceptors (Lipinski definition) is 4. The number of esters is 1. The van der Waals surface area contributed by atoms with E-state index in [0.29, 0.717) is 23.3 Å². The maximum atomic E-state index is 12.2. The molecule has 0 amide bonds. The van der Waals surface area contributed by atoms with Gasteiger partial charge in [-0.1, -0.05) is 12.1 Å². The minimum absolute atomic E-state index is 0.335. The zero-order chi connectivity index (χ0) is 17.6. The van der Waals surface area contributed by atoms with E-state index in [4.69, 9.17) is 9.47 Å². The molecule has 0 unspecified atom stereocenters. The standard InChI is InChI=1S/C21H24O3S/c1-2-23-18-9-7-16(8-10-18)15-3-5-17(6-4-15)21(22)24-19-11-13-20(25)14-12-19/h3-6,11-14,16,18,25H,2,7-10H2,1H3. The quantitative estimate of drug-likeness (QED) is 0.451. The Bertz CT molecular complexity index is 686. The second-order valence-electron chi connectivity index (χ2n) is 6.43. The van der Waals surface area contributed by atoms with Crippen LogP contribution in [0.1, 0.15) is 54.4 Å². The average Bonchev–Trinajstić information content (AvgIpc) is 2.65. The van der Waals surface area contributed by atoms with Crippen molar-refractivity contribution in [2.24, 2.45) is 0 Å². The normalized spacial score (nSPS) is 20.2. The average molecular weight is 356 g/mol. The third kappa shape index (κ3) is 4.86. The molecule has 1 saturated carbocycles. The van der Waals surface area contributed by atoms with Crippen LogP contribution in [0, 0.1) is 0 Å². The first-order valence-electron chi connectivity index (χ1n) is 8.88. The van der Waals surface area contributed by atoms with Crippen molar-refractivity contribution >= 4 is 18.6 Å². The van der Waals surface area contributed by atoms with Gasteiger partial charge >= 0.3 is 5.97 Å². The minimum atomic E-state index is -0.335. The van der Waals surface area contributed by atoms with Gasteiger partial charge in [0, 0.05) is 11.5 Å². The van der Waals surface area contributed by atoms with Gasteiger partial charge in [0.05, 0.1) is 11.7 Å². The summed E-state index contributed by atoms with van der Waals surface area (Å²) in [4.78, 5) is 13.1. The number of rotatable bonds is 5. The van der Waals surface area contributed by atoms with Gasteiger partial charge in [-0.3, -0.25) is 0 Å². The molecule has 0 atom stereocenters. The molecule has 0 N–H and O–H groups in total. The highest BCUT2D eigenvalue weighted by molar-refractivity contribution is 7.80. The molecule has 0 aromatic heterocycles. The third-order valence-corrected chi connectivity index (χ3v) is 5.04. The highest BCUT2D eigenvalue weighted by atomic mass is 32.1. The van der Waals surface area contributed by atoms with Crippen molar-refractivity contribution in [3.05, 3.63) is 59.7 Å². The van der Waals surface area contributed by atoms with Crippen LogP contribution in [0.3, 0.4) is 0 Å². The van der Waals surface area contributed by atoms with Crippen molar-refractivity contribution < 1.29 is 14.3 Å². The molecule has 1 aliphatic carbocycles. The molecular weight excluding hydrogens is 332 g/mol. The first-order valence-corrected chi connectivity index (χ1v) is 9.33. The van der Waals surface area contributed by atoms with Crippen molar-refractivity contribution in [1.29, 1.82) is 0 Å². The molecule has 0 bridgehead atoms. The number of carbonyl (C=O) groups is 1. The number of benzene rings is 2. The van der Waals surface area contributed by atoms with E-state index in [1.807, 2.05) is 12.1 Å². The zero-order valence-corrected chi connectivity index (χ0v) is 15.4. The lowest BCUT2D eigenvalue weighted by Crippen LogP contribution is -2.20. The smallest absolute Gasteiger partial charge is 0.343 e. The molecule has 25 heavy (non-hydrogen) atoms. The number of thiol groups is 1. The first kappa shape index (κ1) is 18.0. The van der Waals surface area contributed by atoms with Gasteiger partial charge in [0.2, 0.25) is 0 Å². The SMILES string of the molecule is CCOC1CCC(c2ccc(C(=O)Oc3ccc(S)cc3)cc2)CC1. The van der Waals surface area contributed by atoms with Gasteiger partial charge in [0.25, 0.3) is 0 Å². The molecule has 1 fully saturated rings. The lowest BCUT2D eigenvalue weighted by molar-refractivity contribution is 0.0328. The molecule has 3 nitrogen and oxygen atoms in total. The van der Waals surface area contributed by atoms with Crippen LogP contribution in [0.25, 0.3) is 0 Å². The van der Waals surface area contributed by atoms with Gasteiger partial charge in [0.15, 0.2) is 0 Å². The fraction of sp³-hybridized carbons (Fsp3) is 0.381. The summed E-state index contributed by atoms with van der Waals surface area (Å²) in [5, 5.41) is 0. The fourth-order valence-corrected chi connectivity index (χ4v) is 3.52. The van der Waals surface area contributed by atoms with Crippen LogP contribution in [0.5, 0.6) is 5.75 Å². The Hall–Kier alpha value is -1.78. The van der Waals surface area contributed by atoms with Crippen molar-refractivity contribution in [2.75, 3.05) is 6.61 Å². The Kier molecular flexibility index (Phi) is 6.16. The molecule has 0 spiro atoms. The fourth-order valence-electron chi connectivity index (χ4n) is 3.37.